The van der Waals surface area contributed by atoms with Gasteiger partial charge in [0, 0.05) is 5.69 Å². The zero-order valence-corrected chi connectivity index (χ0v) is 11.0. The molecular weight excluding hydrogens is 210 g/mol. The number of nitrogens with one attached hydrogen (secondary N) is 1. The smallest absolute Gasteiger partial charge is 0.228 e. The molecule has 1 aliphatic heterocycles. The first-order valence-corrected chi connectivity index (χ1v) is 6.46. The monoisotopic (exact) mass is 229 g/mol. The van der Waals surface area contributed by atoms with Crippen molar-refractivity contribution in [1.82, 2.24) is 0 Å². The number of carbonyl (C=O) groups is 1. The van der Waals surface area contributed by atoms with Gasteiger partial charge in [-0.15, -0.1) is 0 Å². The third-order valence-corrected chi connectivity index (χ3v) is 4.57. The molecular formula is C15H19NO. The Morgan fingerprint density at radius 1 is 1.06 bits per heavy atom. The van der Waals surface area contributed by atoms with Gasteiger partial charge in [0.25, 0.3) is 0 Å². The maximum absolute atomic E-state index is 11.6. The average Bonchev–Trinajstić information content (AvgIpc) is 2.76. The van der Waals surface area contributed by atoms with Gasteiger partial charge in [0.15, 0.2) is 0 Å². The van der Waals surface area contributed by atoms with Crippen LogP contribution in [0.4, 0.5) is 5.69 Å². The number of rotatable bonds is 0. The Balaban J connectivity index is 2.35. The fourth-order valence-electron chi connectivity index (χ4n) is 3.74. The molecule has 1 amide bonds. The van der Waals surface area contributed by atoms with E-state index < -0.39 is 0 Å². The molecule has 0 aromatic heterocycles. The van der Waals surface area contributed by atoms with Gasteiger partial charge in [-0.25, -0.2) is 0 Å². The molecule has 2 aliphatic rings. The van der Waals surface area contributed by atoms with Crippen molar-refractivity contribution in [3.8, 4) is 0 Å². The summed E-state index contributed by atoms with van der Waals surface area (Å²) in [5.74, 6) is 1.36. The van der Waals surface area contributed by atoms with Crippen molar-refractivity contribution in [3.05, 3.63) is 27.8 Å². The first-order valence-electron chi connectivity index (χ1n) is 6.46. The molecule has 0 saturated carbocycles. The molecule has 0 fully saturated rings. The lowest BCUT2D eigenvalue weighted by atomic mass is 9.89. The molecule has 2 atom stereocenters. The van der Waals surface area contributed by atoms with Gasteiger partial charge < -0.3 is 5.32 Å². The van der Waals surface area contributed by atoms with E-state index in [4.69, 9.17) is 0 Å². The van der Waals surface area contributed by atoms with Gasteiger partial charge in [-0.05, 0) is 59.9 Å². The number of amides is 1. The van der Waals surface area contributed by atoms with Crippen LogP contribution >= 0.6 is 0 Å². The predicted molar refractivity (Wildman–Crippen MR) is 69.7 cm³/mol. The van der Waals surface area contributed by atoms with Gasteiger partial charge >= 0.3 is 0 Å². The molecule has 0 bridgehead atoms. The maximum atomic E-state index is 11.6. The number of anilines is 1. The van der Waals surface area contributed by atoms with Crippen LogP contribution in [0.2, 0.25) is 0 Å². The molecule has 2 heteroatoms. The molecule has 0 spiro atoms. The van der Waals surface area contributed by atoms with Gasteiger partial charge in [0.05, 0.1) is 6.42 Å². The molecule has 17 heavy (non-hydrogen) atoms. The summed E-state index contributed by atoms with van der Waals surface area (Å²) >= 11 is 0. The van der Waals surface area contributed by atoms with Crippen molar-refractivity contribution < 1.29 is 4.79 Å². The Bertz CT molecular complexity index is 530. The number of benzene rings is 1. The summed E-state index contributed by atoms with van der Waals surface area (Å²) in [6.45, 7) is 8.95. The molecule has 1 aromatic carbocycles. The number of fused-ring (bicyclic) bond motifs is 3. The van der Waals surface area contributed by atoms with E-state index in [1.54, 1.807) is 0 Å². The van der Waals surface area contributed by atoms with Crippen molar-refractivity contribution in [2.24, 2.45) is 0 Å². The van der Waals surface area contributed by atoms with Gasteiger partial charge in [-0.2, -0.15) is 0 Å². The Morgan fingerprint density at radius 2 is 1.71 bits per heavy atom. The van der Waals surface area contributed by atoms with Gasteiger partial charge in [-0.1, -0.05) is 13.8 Å². The second-order valence-electron chi connectivity index (χ2n) is 5.69. The third kappa shape index (κ3) is 1.30. The molecule has 1 aliphatic carbocycles. The second kappa shape index (κ2) is 3.34. The average molecular weight is 229 g/mol. The Morgan fingerprint density at radius 3 is 2.41 bits per heavy atom. The Kier molecular flexibility index (Phi) is 2.13. The van der Waals surface area contributed by atoms with Crippen LogP contribution in [-0.2, 0) is 11.2 Å². The summed E-state index contributed by atoms with van der Waals surface area (Å²) in [7, 11) is 0. The van der Waals surface area contributed by atoms with Crippen LogP contribution < -0.4 is 5.32 Å². The molecule has 0 radical (unpaired) electrons. The van der Waals surface area contributed by atoms with Crippen molar-refractivity contribution in [3.63, 3.8) is 0 Å². The van der Waals surface area contributed by atoms with E-state index in [9.17, 15) is 4.79 Å². The minimum absolute atomic E-state index is 0.155. The fourth-order valence-corrected chi connectivity index (χ4v) is 3.74. The summed E-state index contributed by atoms with van der Waals surface area (Å²) in [6, 6.07) is 0. The molecule has 1 N–H and O–H groups in total. The number of carbonyl (C=O) groups excluding carboxylic acids is 1. The van der Waals surface area contributed by atoms with Crippen LogP contribution in [-0.4, -0.2) is 5.91 Å². The first kappa shape index (κ1) is 10.8. The SMILES string of the molecule is Cc1c(C)c2c(c3c1CC(=O)N3)C(C)CC2C. The van der Waals surface area contributed by atoms with E-state index >= 15 is 0 Å². The van der Waals surface area contributed by atoms with Crippen LogP contribution in [0.5, 0.6) is 0 Å². The zero-order valence-electron chi connectivity index (χ0n) is 11.0. The molecule has 90 valence electrons. The second-order valence-corrected chi connectivity index (χ2v) is 5.69. The van der Waals surface area contributed by atoms with Gasteiger partial charge in [-0.3, -0.25) is 4.79 Å². The lowest BCUT2D eigenvalue weighted by molar-refractivity contribution is -0.115. The maximum Gasteiger partial charge on any atom is 0.228 e. The normalized spacial score (nSPS) is 25.8. The minimum atomic E-state index is 0.155. The standard InChI is InChI=1S/C15H19NO/c1-7-5-8(2)14-13(7)10(4)9(3)11-6-12(17)16-15(11)14/h7-8H,5-6H2,1-4H3,(H,16,17). The summed E-state index contributed by atoms with van der Waals surface area (Å²) in [4.78, 5) is 11.6. The van der Waals surface area contributed by atoms with E-state index in [1.807, 2.05) is 0 Å². The zero-order chi connectivity index (χ0) is 12.3. The van der Waals surface area contributed by atoms with E-state index in [0.29, 0.717) is 18.3 Å². The number of hydrogen-bond donors (Lipinski definition) is 1. The quantitative estimate of drug-likeness (QED) is 0.725. The molecule has 0 saturated heterocycles. The predicted octanol–water partition coefficient (Wildman–Crippen LogP) is 3.41. The lowest BCUT2D eigenvalue weighted by Gasteiger charge is -2.17. The van der Waals surface area contributed by atoms with Crippen LogP contribution in [0.1, 0.15) is 59.9 Å². The van der Waals surface area contributed by atoms with Crippen LogP contribution in [0.3, 0.4) is 0 Å². The van der Waals surface area contributed by atoms with E-state index in [-0.39, 0.29) is 5.91 Å². The van der Waals surface area contributed by atoms with Crippen LogP contribution in [0.15, 0.2) is 0 Å². The van der Waals surface area contributed by atoms with E-state index in [1.165, 1.54) is 34.2 Å². The highest BCUT2D eigenvalue weighted by Crippen LogP contribution is 2.50. The van der Waals surface area contributed by atoms with E-state index in [0.717, 1.165) is 5.69 Å². The van der Waals surface area contributed by atoms with Crippen molar-refractivity contribution in [2.75, 3.05) is 5.32 Å². The Labute approximate surface area is 102 Å². The molecule has 2 unspecified atom stereocenters. The van der Waals surface area contributed by atoms with E-state index in [2.05, 4.69) is 33.0 Å². The largest absolute Gasteiger partial charge is 0.325 e. The fraction of sp³-hybridized carbons (Fsp3) is 0.533. The lowest BCUT2D eigenvalue weighted by Crippen LogP contribution is -2.05. The number of hydrogen-bond acceptors (Lipinski definition) is 1. The summed E-state index contributed by atoms with van der Waals surface area (Å²) in [6.07, 6.45) is 1.78. The van der Waals surface area contributed by atoms with Crippen LogP contribution in [0, 0.1) is 13.8 Å². The molecule has 1 aromatic rings. The highest BCUT2D eigenvalue weighted by Gasteiger charge is 2.35. The highest BCUT2D eigenvalue weighted by molar-refractivity contribution is 6.01. The summed E-state index contributed by atoms with van der Waals surface area (Å²) in [5, 5.41) is 3.08. The topological polar surface area (TPSA) is 29.1 Å². The van der Waals surface area contributed by atoms with Crippen molar-refractivity contribution in [2.45, 2.75) is 52.4 Å². The third-order valence-electron chi connectivity index (χ3n) is 4.57. The Hall–Kier alpha value is -1.31. The first-order chi connectivity index (χ1) is 8.00. The molecule has 2 nitrogen and oxygen atoms in total. The highest BCUT2D eigenvalue weighted by atomic mass is 16.1. The van der Waals surface area contributed by atoms with Crippen molar-refractivity contribution in [1.29, 1.82) is 0 Å². The van der Waals surface area contributed by atoms with Gasteiger partial charge in [0.1, 0.15) is 0 Å². The summed E-state index contributed by atoms with van der Waals surface area (Å²) in [5.41, 5.74) is 8.03. The van der Waals surface area contributed by atoms with Crippen LogP contribution in [0.25, 0.3) is 0 Å². The van der Waals surface area contributed by atoms with Crippen molar-refractivity contribution >= 4 is 11.6 Å². The minimum Gasteiger partial charge on any atom is -0.325 e. The van der Waals surface area contributed by atoms with Gasteiger partial charge in [0.2, 0.25) is 5.91 Å². The molecule has 3 rings (SSSR count). The summed E-state index contributed by atoms with van der Waals surface area (Å²) < 4.78 is 0. The molecule has 1 heterocycles.